The fourth-order valence-corrected chi connectivity index (χ4v) is 3.90. The zero-order valence-electron chi connectivity index (χ0n) is 15.6. The molecular weight excluding hydrogens is 362 g/mol. The molecule has 0 saturated heterocycles. The molecule has 0 heterocycles. The van der Waals surface area contributed by atoms with E-state index < -0.39 is 10.0 Å². The lowest BCUT2D eigenvalue weighted by molar-refractivity contribution is 0.0762. The van der Waals surface area contributed by atoms with Gasteiger partial charge in [0.15, 0.2) is 0 Å². The van der Waals surface area contributed by atoms with Crippen molar-refractivity contribution in [1.29, 1.82) is 0 Å². The first-order valence-corrected chi connectivity index (χ1v) is 10.7. The molecule has 0 spiro atoms. The van der Waals surface area contributed by atoms with Gasteiger partial charge in [0.25, 0.3) is 5.91 Å². The van der Waals surface area contributed by atoms with Crippen molar-refractivity contribution in [1.82, 2.24) is 4.90 Å². The van der Waals surface area contributed by atoms with E-state index in [1.54, 1.807) is 36.1 Å². The number of rotatable bonds is 10. The summed E-state index contributed by atoms with van der Waals surface area (Å²) < 4.78 is 26.4. The Hall–Kier alpha value is -2.38. The number of carbonyl (C=O) groups excluding carboxylic acids is 1. The summed E-state index contributed by atoms with van der Waals surface area (Å²) in [5.74, 6) is -0.116. The summed E-state index contributed by atoms with van der Waals surface area (Å²) in [5.41, 5.74) is 7.65. The Morgan fingerprint density at radius 1 is 1.07 bits per heavy atom. The van der Waals surface area contributed by atoms with E-state index in [9.17, 15) is 13.2 Å². The summed E-state index contributed by atoms with van der Waals surface area (Å²) in [7, 11) is -3.40. The molecule has 3 N–H and O–H groups in total. The summed E-state index contributed by atoms with van der Waals surface area (Å²) >= 11 is 0. The molecule has 0 bridgehead atoms. The van der Waals surface area contributed by atoms with Crippen LogP contribution in [0.1, 0.15) is 29.3 Å². The van der Waals surface area contributed by atoms with Gasteiger partial charge in [0.05, 0.1) is 5.75 Å². The summed E-state index contributed by atoms with van der Waals surface area (Å²) in [6, 6.07) is 16.5. The van der Waals surface area contributed by atoms with E-state index in [2.05, 4.69) is 4.72 Å². The number of nitrogens with two attached hydrogens (primary N) is 1. The van der Waals surface area contributed by atoms with E-state index >= 15 is 0 Å². The molecule has 0 fully saturated rings. The number of carbonyl (C=O) groups is 1. The van der Waals surface area contributed by atoms with E-state index in [1.807, 2.05) is 30.3 Å². The first-order chi connectivity index (χ1) is 12.9. The van der Waals surface area contributed by atoms with E-state index in [0.717, 1.165) is 12.0 Å². The van der Waals surface area contributed by atoms with Crippen molar-refractivity contribution in [2.45, 2.75) is 19.8 Å². The predicted octanol–water partition coefficient (Wildman–Crippen LogP) is 2.48. The molecule has 2 aromatic carbocycles. The molecule has 6 nitrogen and oxygen atoms in total. The van der Waals surface area contributed by atoms with Crippen molar-refractivity contribution in [2.75, 3.05) is 30.1 Å². The molecular formula is C20H27N3O3S. The maximum absolute atomic E-state index is 12.9. The fourth-order valence-electron chi connectivity index (χ4n) is 2.78. The topological polar surface area (TPSA) is 92.5 Å². The molecule has 0 aliphatic carbocycles. The Bertz CT molecular complexity index is 839. The molecule has 27 heavy (non-hydrogen) atoms. The minimum absolute atomic E-state index is 0.0432. The largest absolute Gasteiger partial charge is 0.337 e. The number of hydrogen-bond donors (Lipinski definition) is 2. The number of benzene rings is 2. The summed E-state index contributed by atoms with van der Waals surface area (Å²) in [6.45, 7) is 3.16. The Labute approximate surface area is 161 Å². The molecule has 0 radical (unpaired) electrons. The summed E-state index contributed by atoms with van der Waals surface area (Å²) in [6.07, 6.45) is 1.26. The Morgan fingerprint density at radius 3 is 2.48 bits per heavy atom. The van der Waals surface area contributed by atoms with Crippen molar-refractivity contribution < 1.29 is 13.2 Å². The first-order valence-electron chi connectivity index (χ1n) is 9.09. The normalized spacial score (nSPS) is 11.2. The molecule has 0 aliphatic rings. The van der Waals surface area contributed by atoms with E-state index in [0.29, 0.717) is 37.3 Å². The number of nitrogens with one attached hydrogen (secondary N) is 1. The number of hydrogen-bond acceptors (Lipinski definition) is 4. The molecule has 7 heteroatoms. The van der Waals surface area contributed by atoms with Gasteiger partial charge in [-0.2, -0.15) is 0 Å². The maximum Gasteiger partial charge on any atom is 0.253 e. The summed E-state index contributed by atoms with van der Waals surface area (Å²) in [4.78, 5) is 14.6. The second-order valence-electron chi connectivity index (χ2n) is 6.32. The zero-order valence-corrected chi connectivity index (χ0v) is 16.4. The van der Waals surface area contributed by atoms with Gasteiger partial charge in [-0.1, -0.05) is 43.3 Å². The van der Waals surface area contributed by atoms with Crippen LogP contribution >= 0.6 is 0 Å². The first kappa shape index (κ1) is 20.9. The molecule has 0 saturated carbocycles. The van der Waals surface area contributed by atoms with Crippen molar-refractivity contribution in [3.8, 4) is 0 Å². The highest BCUT2D eigenvalue weighted by atomic mass is 32.2. The van der Waals surface area contributed by atoms with Gasteiger partial charge in [-0.05, 0) is 36.6 Å². The van der Waals surface area contributed by atoms with Crippen LogP contribution in [0.4, 0.5) is 5.69 Å². The highest BCUT2D eigenvalue weighted by Crippen LogP contribution is 2.15. The minimum Gasteiger partial charge on any atom is -0.337 e. The van der Waals surface area contributed by atoms with Crippen LogP contribution in [0, 0.1) is 0 Å². The number of anilines is 1. The second-order valence-corrected chi connectivity index (χ2v) is 8.16. The highest BCUT2D eigenvalue weighted by Gasteiger charge is 2.16. The minimum atomic E-state index is -3.40. The third-order valence-electron chi connectivity index (χ3n) is 4.06. The van der Waals surface area contributed by atoms with Gasteiger partial charge in [-0.15, -0.1) is 0 Å². The van der Waals surface area contributed by atoms with E-state index in [-0.39, 0.29) is 11.7 Å². The van der Waals surface area contributed by atoms with Crippen LogP contribution in [0.5, 0.6) is 0 Å². The second kappa shape index (κ2) is 10.1. The van der Waals surface area contributed by atoms with Crippen LogP contribution in [0.15, 0.2) is 54.6 Å². The summed E-state index contributed by atoms with van der Waals surface area (Å²) in [5, 5.41) is 0. The fraction of sp³-hybridized carbons (Fsp3) is 0.350. The predicted molar refractivity (Wildman–Crippen MR) is 109 cm³/mol. The number of nitrogens with zero attached hydrogens (tertiary/aromatic N) is 1. The van der Waals surface area contributed by atoms with Gasteiger partial charge in [0, 0.05) is 30.9 Å². The van der Waals surface area contributed by atoms with Gasteiger partial charge >= 0.3 is 0 Å². The molecule has 0 unspecified atom stereocenters. The van der Waals surface area contributed by atoms with Crippen LogP contribution in [0.2, 0.25) is 0 Å². The Morgan fingerprint density at radius 2 is 1.81 bits per heavy atom. The number of sulfonamides is 1. The van der Waals surface area contributed by atoms with Crippen LogP contribution in [-0.4, -0.2) is 44.6 Å². The third-order valence-corrected chi connectivity index (χ3v) is 5.55. The van der Waals surface area contributed by atoms with Crippen molar-refractivity contribution in [3.05, 3.63) is 65.7 Å². The van der Waals surface area contributed by atoms with E-state index in [1.165, 1.54) is 0 Å². The zero-order chi connectivity index (χ0) is 19.7. The van der Waals surface area contributed by atoms with Crippen LogP contribution in [0.3, 0.4) is 0 Å². The Kier molecular flexibility index (Phi) is 7.82. The lowest BCUT2D eigenvalue weighted by Gasteiger charge is -2.22. The lowest BCUT2D eigenvalue weighted by atomic mass is 10.1. The lowest BCUT2D eigenvalue weighted by Crippen LogP contribution is -2.37. The van der Waals surface area contributed by atoms with Gasteiger partial charge in [0.1, 0.15) is 0 Å². The van der Waals surface area contributed by atoms with Gasteiger partial charge in [-0.3, -0.25) is 9.52 Å². The van der Waals surface area contributed by atoms with Crippen LogP contribution in [-0.2, 0) is 16.4 Å². The van der Waals surface area contributed by atoms with Crippen molar-refractivity contribution in [3.63, 3.8) is 0 Å². The molecule has 1 amide bonds. The van der Waals surface area contributed by atoms with Gasteiger partial charge in [0.2, 0.25) is 10.0 Å². The standard InChI is InChI=1S/C20H27N3O3S/c1-2-15-27(25,26)22-19-10-6-9-18(16-19)20(24)23(14-12-21)13-11-17-7-4-3-5-8-17/h3-10,16,22H,2,11-15,21H2,1H3. The van der Waals surface area contributed by atoms with Crippen molar-refractivity contribution in [2.24, 2.45) is 5.73 Å². The monoisotopic (exact) mass is 389 g/mol. The van der Waals surface area contributed by atoms with Gasteiger partial charge < -0.3 is 10.6 Å². The van der Waals surface area contributed by atoms with Crippen LogP contribution < -0.4 is 10.5 Å². The van der Waals surface area contributed by atoms with E-state index in [4.69, 9.17) is 5.73 Å². The van der Waals surface area contributed by atoms with Gasteiger partial charge in [-0.25, -0.2) is 8.42 Å². The molecule has 2 rings (SSSR count). The number of amides is 1. The molecule has 0 atom stereocenters. The SMILES string of the molecule is CCCS(=O)(=O)Nc1cccc(C(=O)N(CCN)CCc2ccccc2)c1. The highest BCUT2D eigenvalue weighted by molar-refractivity contribution is 7.92. The molecule has 146 valence electrons. The molecule has 2 aromatic rings. The van der Waals surface area contributed by atoms with Crippen LogP contribution in [0.25, 0.3) is 0 Å². The molecule has 0 aliphatic heterocycles. The molecule has 0 aromatic heterocycles. The smallest absolute Gasteiger partial charge is 0.253 e. The average Bonchev–Trinajstić information content (AvgIpc) is 2.65. The quantitative estimate of drug-likeness (QED) is 0.653. The third kappa shape index (κ3) is 6.69. The maximum atomic E-state index is 12.9. The average molecular weight is 390 g/mol. The van der Waals surface area contributed by atoms with Crippen molar-refractivity contribution >= 4 is 21.6 Å². The Balaban J connectivity index is 2.11.